The summed E-state index contributed by atoms with van der Waals surface area (Å²) in [5.41, 5.74) is 0.703. The van der Waals surface area contributed by atoms with Gasteiger partial charge in [-0.25, -0.2) is 0 Å². The fourth-order valence-corrected chi connectivity index (χ4v) is 2.68. The highest BCUT2D eigenvalue weighted by Crippen LogP contribution is 2.20. The Balaban J connectivity index is 1.55. The molecule has 0 atom stereocenters. The molecule has 0 bridgehead atoms. The third-order valence-electron chi connectivity index (χ3n) is 3.91. The highest BCUT2D eigenvalue weighted by atomic mass is 16.3. The van der Waals surface area contributed by atoms with Crippen LogP contribution in [-0.2, 0) is 0 Å². The molecule has 1 amide bonds. The molecule has 2 aliphatic heterocycles. The Labute approximate surface area is 107 Å². The zero-order valence-electron chi connectivity index (χ0n) is 10.7. The Hall–Kier alpha value is -1.33. The van der Waals surface area contributed by atoms with E-state index in [1.165, 1.54) is 0 Å². The predicted octanol–water partition coefficient (Wildman–Crippen LogP) is 0.318. The lowest BCUT2D eigenvalue weighted by Crippen LogP contribution is -2.63. The lowest BCUT2D eigenvalue weighted by atomic mass is 10.0. The molecule has 3 rings (SSSR count). The average molecular weight is 249 g/mol. The summed E-state index contributed by atoms with van der Waals surface area (Å²) in [6, 6.07) is 2.30. The number of rotatable bonds is 2. The van der Waals surface area contributed by atoms with Crippen molar-refractivity contribution in [2.45, 2.75) is 13.0 Å². The van der Waals surface area contributed by atoms with Crippen LogP contribution in [0.1, 0.15) is 16.1 Å². The number of piperazine rings is 1. The van der Waals surface area contributed by atoms with E-state index in [0.29, 0.717) is 17.4 Å². The van der Waals surface area contributed by atoms with Crippen LogP contribution in [0.25, 0.3) is 0 Å². The number of hydrogen-bond acceptors (Lipinski definition) is 4. The van der Waals surface area contributed by atoms with Gasteiger partial charge in [-0.1, -0.05) is 0 Å². The first-order valence-corrected chi connectivity index (χ1v) is 6.54. The van der Waals surface area contributed by atoms with Crippen LogP contribution in [0.3, 0.4) is 0 Å². The van der Waals surface area contributed by atoms with Crippen LogP contribution in [-0.4, -0.2) is 61.0 Å². The standard InChI is InChI=1S/C13H19N3O2/c1-10-12(2-7-18-10)13(17)16-8-11(9-16)15-5-3-14-4-6-15/h2,7,11,14H,3-6,8-9H2,1H3. The van der Waals surface area contributed by atoms with Gasteiger partial charge in [-0.15, -0.1) is 0 Å². The molecule has 0 spiro atoms. The smallest absolute Gasteiger partial charge is 0.257 e. The van der Waals surface area contributed by atoms with Crippen LogP contribution in [0.2, 0.25) is 0 Å². The molecule has 0 aliphatic carbocycles. The monoisotopic (exact) mass is 249 g/mol. The van der Waals surface area contributed by atoms with Crippen molar-refractivity contribution in [2.24, 2.45) is 0 Å². The van der Waals surface area contributed by atoms with Crippen molar-refractivity contribution in [3.8, 4) is 0 Å². The van der Waals surface area contributed by atoms with Gasteiger partial charge in [0.15, 0.2) is 0 Å². The van der Waals surface area contributed by atoms with Crippen molar-refractivity contribution < 1.29 is 9.21 Å². The Morgan fingerprint density at radius 2 is 2.11 bits per heavy atom. The SMILES string of the molecule is Cc1occc1C(=O)N1CC(N2CCNCC2)C1. The minimum atomic E-state index is 0.104. The number of furan rings is 1. The van der Waals surface area contributed by atoms with Crippen molar-refractivity contribution >= 4 is 5.91 Å². The molecule has 2 fully saturated rings. The summed E-state index contributed by atoms with van der Waals surface area (Å²) in [5.74, 6) is 0.818. The van der Waals surface area contributed by atoms with Gasteiger partial charge >= 0.3 is 0 Å². The van der Waals surface area contributed by atoms with Gasteiger partial charge in [-0.3, -0.25) is 9.69 Å². The first kappa shape index (κ1) is 11.7. The summed E-state index contributed by atoms with van der Waals surface area (Å²) >= 11 is 0. The normalized spacial score (nSPS) is 21.9. The second-order valence-electron chi connectivity index (χ2n) is 5.04. The summed E-state index contributed by atoms with van der Waals surface area (Å²) in [6.45, 7) is 7.85. The van der Waals surface area contributed by atoms with Gasteiger partial charge in [0.2, 0.25) is 0 Å². The zero-order valence-corrected chi connectivity index (χ0v) is 10.7. The van der Waals surface area contributed by atoms with Gasteiger partial charge in [0.1, 0.15) is 5.76 Å². The van der Waals surface area contributed by atoms with E-state index in [9.17, 15) is 4.79 Å². The van der Waals surface area contributed by atoms with Crippen LogP contribution in [0.4, 0.5) is 0 Å². The number of amides is 1. The van der Waals surface area contributed by atoms with E-state index in [1.807, 2.05) is 11.8 Å². The number of aryl methyl sites for hydroxylation is 1. The third-order valence-corrected chi connectivity index (χ3v) is 3.91. The van der Waals surface area contributed by atoms with Crippen molar-refractivity contribution in [1.82, 2.24) is 15.1 Å². The quantitative estimate of drug-likeness (QED) is 0.820. The van der Waals surface area contributed by atoms with Crippen LogP contribution in [0, 0.1) is 6.92 Å². The van der Waals surface area contributed by atoms with Crippen molar-refractivity contribution in [2.75, 3.05) is 39.3 Å². The second kappa shape index (κ2) is 4.74. The molecule has 2 saturated heterocycles. The molecule has 0 saturated carbocycles. The Bertz CT molecular complexity index is 431. The Kier molecular flexibility index (Phi) is 3.09. The summed E-state index contributed by atoms with van der Waals surface area (Å²) in [6.07, 6.45) is 1.58. The number of nitrogens with zero attached hydrogens (tertiary/aromatic N) is 2. The van der Waals surface area contributed by atoms with E-state index >= 15 is 0 Å². The maximum absolute atomic E-state index is 12.2. The lowest BCUT2D eigenvalue weighted by Gasteiger charge is -2.46. The maximum atomic E-state index is 12.2. The van der Waals surface area contributed by atoms with Gasteiger partial charge < -0.3 is 14.6 Å². The number of hydrogen-bond donors (Lipinski definition) is 1. The molecule has 2 aliphatic rings. The van der Waals surface area contributed by atoms with E-state index in [1.54, 1.807) is 12.3 Å². The Morgan fingerprint density at radius 3 is 2.72 bits per heavy atom. The van der Waals surface area contributed by atoms with Crippen molar-refractivity contribution in [3.63, 3.8) is 0 Å². The topological polar surface area (TPSA) is 48.7 Å². The highest BCUT2D eigenvalue weighted by Gasteiger charge is 2.36. The fraction of sp³-hybridized carbons (Fsp3) is 0.615. The minimum absolute atomic E-state index is 0.104. The average Bonchev–Trinajstić information content (AvgIpc) is 2.75. The zero-order chi connectivity index (χ0) is 12.5. The predicted molar refractivity (Wildman–Crippen MR) is 67.6 cm³/mol. The molecule has 1 aromatic rings. The summed E-state index contributed by atoms with van der Waals surface area (Å²) in [5, 5.41) is 3.35. The number of carbonyl (C=O) groups excluding carboxylic acids is 1. The van der Waals surface area contributed by atoms with Gasteiger partial charge in [0.05, 0.1) is 11.8 Å². The molecule has 3 heterocycles. The van der Waals surface area contributed by atoms with Crippen molar-refractivity contribution in [1.29, 1.82) is 0 Å². The number of carbonyl (C=O) groups is 1. The second-order valence-corrected chi connectivity index (χ2v) is 5.04. The van der Waals surface area contributed by atoms with E-state index in [2.05, 4.69) is 10.2 Å². The van der Waals surface area contributed by atoms with E-state index in [4.69, 9.17) is 4.42 Å². The first-order valence-electron chi connectivity index (χ1n) is 6.54. The van der Waals surface area contributed by atoms with Gasteiger partial charge in [-0.2, -0.15) is 0 Å². The highest BCUT2D eigenvalue weighted by molar-refractivity contribution is 5.95. The molecule has 0 radical (unpaired) electrons. The summed E-state index contributed by atoms with van der Waals surface area (Å²) in [7, 11) is 0. The number of nitrogens with one attached hydrogen (secondary N) is 1. The third kappa shape index (κ3) is 2.04. The molecule has 98 valence electrons. The molecular formula is C13H19N3O2. The largest absolute Gasteiger partial charge is 0.469 e. The maximum Gasteiger partial charge on any atom is 0.257 e. The van der Waals surface area contributed by atoms with Crippen molar-refractivity contribution in [3.05, 3.63) is 23.7 Å². The summed E-state index contributed by atoms with van der Waals surface area (Å²) in [4.78, 5) is 16.6. The molecule has 1 N–H and O–H groups in total. The minimum Gasteiger partial charge on any atom is -0.469 e. The molecule has 0 unspecified atom stereocenters. The fourth-order valence-electron chi connectivity index (χ4n) is 2.68. The van der Waals surface area contributed by atoms with Crippen LogP contribution >= 0.6 is 0 Å². The molecule has 0 aromatic carbocycles. The number of likely N-dealkylation sites (tertiary alicyclic amines) is 1. The molecule has 5 heteroatoms. The first-order chi connectivity index (χ1) is 8.75. The summed E-state index contributed by atoms with van der Waals surface area (Å²) < 4.78 is 5.18. The van der Waals surface area contributed by atoms with Gasteiger partial charge in [0.25, 0.3) is 5.91 Å². The van der Waals surface area contributed by atoms with Crippen LogP contribution in [0.5, 0.6) is 0 Å². The van der Waals surface area contributed by atoms with Crippen LogP contribution < -0.4 is 5.32 Å². The van der Waals surface area contributed by atoms with Gasteiger partial charge in [-0.05, 0) is 13.0 Å². The van der Waals surface area contributed by atoms with E-state index in [0.717, 1.165) is 39.3 Å². The Morgan fingerprint density at radius 1 is 1.39 bits per heavy atom. The van der Waals surface area contributed by atoms with E-state index in [-0.39, 0.29) is 5.91 Å². The van der Waals surface area contributed by atoms with Gasteiger partial charge in [0, 0.05) is 45.3 Å². The molecule has 5 nitrogen and oxygen atoms in total. The molecular weight excluding hydrogens is 230 g/mol. The van der Waals surface area contributed by atoms with Crippen LogP contribution in [0.15, 0.2) is 16.7 Å². The van der Waals surface area contributed by atoms with E-state index < -0.39 is 0 Å². The lowest BCUT2D eigenvalue weighted by molar-refractivity contribution is 0.0226. The molecule has 18 heavy (non-hydrogen) atoms. The molecule has 1 aromatic heterocycles.